The Bertz CT molecular complexity index is 551. The third-order valence-corrected chi connectivity index (χ3v) is 7.07. The molecule has 0 heterocycles. The Morgan fingerprint density at radius 2 is 2.10 bits per heavy atom. The zero-order valence-electron chi connectivity index (χ0n) is 11.8. The number of hydrogen-bond donors (Lipinski definition) is 0. The second-order valence-electron chi connectivity index (χ2n) is 4.55. The molecule has 1 aromatic carbocycles. The van der Waals surface area contributed by atoms with Crippen molar-refractivity contribution >= 4 is 49.3 Å². The van der Waals surface area contributed by atoms with Gasteiger partial charge >= 0.3 is 0 Å². The summed E-state index contributed by atoms with van der Waals surface area (Å²) in [5.74, 6) is 1.30. The quantitative estimate of drug-likeness (QED) is 0.650. The highest BCUT2D eigenvalue weighted by atomic mass is 79.9. The molecule has 0 aliphatic heterocycles. The average molecular weight is 401 g/mol. The van der Waals surface area contributed by atoms with Gasteiger partial charge in [0.25, 0.3) is 0 Å². The van der Waals surface area contributed by atoms with Gasteiger partial charge in [0.05, 0.1) is 4.90 Å². The minimum Gasteiger partial charge on any atom is -0.207 e. The first-order chi connectivity index (χ1) is 9.34. The molecule has 0 aromatic heterocycles. The van der Waals surface area contributed by atoms with Gasteiger partial charge < -0.3 is 0 Å². The van der Waals surface area contributed by atoms with Crippen LogP contribution < -0.4 is 0 Å². The number of hydrogen-bond acceptors (Lipinski definition) is 3. The molecule has 0 fully saturated rings. The van der Waals surface area contributed by atoms with Crippen LogP contribution in [0.25, 0.3) is 0 Å². The van der Waals surface area contributed by atoms with Crippen molar-refractivity contribution in [2.45, 2.75) is 30.2 Å². The van der Waals surface area contributed by atoms with Crippen molar-refractivity contribution in [2.24, 2.45) is 0 Å². The zero-order valence-corrected chi connectivity index (χ0v) is 15.7. The molecule has 0 aliphatic carbocycles. The maximum Gasteiger partial charge on any atom is 0.244 e. The van der Waals surface area contributed by atoms with Crippen molar-refractivity contribution in [3.8, 4) is 0 Å². The van der Waals surface area contributed by atoms with E-state index in [2.05, 4.69) is 15.9 Å². The highest BCUT2D eigenvalue weighted by molar-refractivity contribution is 9.10. The van der Waals surface area contributed by atoms with Crippen molar-refractivity contribution in [1.29, 1.82) is 0 Å². The van der Waals surface area contributed by atoms with E-state index in [0.717, 1.165) is 17.7 Å². The lowest BCUT2D eigenvalue weighted by Crippen LogP contribution is -2.35. The van der Waals surface area contributed by atoms with E-state index in [9.17, 15) is 8.42 Å². The third kappa shape index (κ3) is 4.37. The van der Waals surface area contributed by atoms with Crippen molar-refractivity contribution in [3.63, 3.8) is 0 Å². The smallest absolute Gasteiger partial charge is 0.207 e. The van der Waals surface area contributed by atoms with E-state index >= 15 is 0 Å². The van der Waals surface area contributed by atoms with Crippen molar-refractivity contribution in [1.82, 2.24) is 4.31 Å². The Balaban J connectivity index is 3.04. The van der Waals surface area contributed by atoms with Crippen molar-refractivity contribution < 1.29 is 8.42 Å². The molecule has 1 atom stereocenters. The van der Waals surface area contributed by atoms with E-state index in [1.807, 2.05) is 13.2 Å². The van der Waals surface area contributed by atoms with Crippen molar-refractivity contribution in [3.05, 3.63) is 28.2 Å². The molecule has 0 amide bonds. The zero-order chi connectivity index (χ0) is 15.3. The lowest BCUT2D eigenvalue weighted by Gasteiger charge is -2.24. The third-order valence-electron chi connectivity index (χ3n) is 3.17. The van der Waals surface area contributed by atoms with Gasteiger partial charge in [-0.3, -0.25) is 0 Å². The van der Waals surface area contributed by atoms with Gasteiger partial charge in [-0.2, -0.15) is 16.1 Å². The summed E-state index contributed by atoms with van der Waals surface area (Å²) in [6, 6.07) is 5.06. The second kappa shape index (κ2) is 8.03. The maximum absolute atomic E-state index is 12.6. The van der Waals surface area contributed by atoms with Crippen LogP contribution in [0.5, 0.6) is 0 Å². The summed E-state index contributed by atoms with van der Waals surface area (Å²) in [5.41, 5.74) is 0.885. The lowest BCUT2D eigenvalue weighted by molar-refractivity contribution is 0.382. The molecule has 0 aliphatic rings. The second-order valence-corrected chi connectivity index (χ2v) is 8.62. The Labute approximate surface area is 139 Å². The molecule has 1 rings (SSSR count). The summed E-state index contributed by atoms with van der Waals surface area (Å²) in [6.07, 6.45) is 2.84. The highest BCUT2D eigenvalue weighted by Crippen LogP contribution is 2.27. The molecule has 20 heavy (non-hydrogen) atoms. The van der Waals surface area contributed by atoms with Crippen LogP contribution in [0.4, 0.5) is 0 Å². The van der Waals surface area contributed by atoms with Crippen molar-refractivity contribution in [2.75, 3.05) is 19.1 Å². The minimum atomic E-state index is -3.49. The average Bonchev–Trinajstić information content (AvgIpc) is 2.43. The lowest BCUT2D eigenvalue weighted by atomic mass is 10.2. The number of alkyl halides is 1. The standard InChI is InChI=1S/C13H19BrClNO2S2/c1-10(6-7-19-3)16(2)20(17,18)13-5-4-11(9-15)8-12(13)14/h4-5,8,10H,6-7,9H2,1-3H3. The first-order valence-corrected chi connectivity index (χ1v) is 10.3. The van der Waals surface area contributed by atoms with Gasteiger partial charge in [0, 0.05) is 23.4 Å². The summed E-state index contributed by atoms with van der Waals surface area (Å²) in [6.45, 7) is 1.93. The Morgan fingerprint density at radius 3 is 2.60 bits per heavy atom. The molecule has 114 valence electrons. The largest absolute Gasteiger partial charge is 0.244 e. The van der Waals surface area contributed by atoms with Crippen LogP contribution in [-0.4, -0.2) is 37.8 Å². The fourth-order valence-corrected chi connectivity index (χ4v) is 4.92. The van der Waals surface area contributed by atoms with Gasteiger partial charge in [-0.25, -0.2) is 8.42 Å². The Hall–Kier alpha value is 0.250. The van der Waals surface area contributed by atoms with Gasteiger partial charge in [-0.05, 0) is 59.0 Å². The molecule has 0 N–H and O–H groups in total. The summed E-state index contributed by atoms with van der Waals surface area (Å²) in [5, 5.41) is 0. The molecular weight excluding hydrogens is 382 g/mol. The summed E-state index contributed by atoms with van der Waals surface area (Å²) in [4.78, 5) is 0.282. The van der Waals surface area contributed by atoms with E-state index in [4.69, 9.17) is 11.6 Å². The summed E-state index contributed by atoms with van der Waals surface area (Å²) >= 11 is 10.8. The summed E-state index contributed by atoms with van der Waals surface area (Å²) < 4.78 is 27.2. The van der Waals surface area contributed by atoms with Crippen LogP contribution in [0, 0.1) is 0 Å². The van der Waals surface area contributed by atoms with E-state index < -0.39 is 10.0 Å². The molecule has 0 radical (unpaired) electrons. The minimum absolute atomic E-state index is 0.0351. The molecule has 0 saturated carbocycles. The van der Waals surface area contributed by atoms with Crippen LogP contribution in [-0.2, 0) is 15.9 Å². The van der Waals surface area contributed by atoms with Crippen LogP contribution in [0.15, 0.2) is 27.6 Å². The molecular formula is C13H19BrClNO2S2. The van der Waals surface area contributed by atoms with Crippen LogP contribution in [0.1, 0.15) is 18.9 Å². The fourth-order valence-electron chi connectivity index (χ4n) is 1.70. The molecule has 7 heteroatoms. The predicted molar refractivity (Wildman–Crippen MR) is 91.1 cm³/mol. The molecule has 0 bridgehead atoms. The number of nitrogens with zero attached hydrogens (tertiary/aromatic N) is 1. The van der Waals surface area contributed by atoms with Gasteiger partial charge in [0.1, 0.15) is 0 Å². The number of halogens is 2. The molecule has 0 saturated heterocycles. The molecule has 1 aromatic rings. The van der Waals surface area contributed by atoms with E-state index in [0.29, 0.717) is 10.4 Å². The van der Waals surface area contributed by atoms with E-state index in [-0.39, 0.29) is 10.9 Å². The first-order valence-electron chi connectivity index (χ1n) is 6.16. The van der Waals surface area contributed by atoms with Gasteiger partial charge in [-0.15, -0.1) is 11.6 Å². The Morgan fingerprint density at radius 1 is 1.45 bits per heavy atom. The van der Waals surface area contributed by atoms with Crippen LogP contribution in [0.3, 0.4) is 0 Å². The number of thioether (sulfide) groups is 1. The molecule has 0 spiro atoms. The van der Waals surface area contributed by atoms with Gasteiger partial charge in [0.15, 0.2) is 0 Å². The van der Waals surface area contributed by atoms with Gasteiger partial charge in [-0.1, -0.05) is 6.07 Å². The monoisotopic (exact) mass is 399 g/mol. The Kier molecular flexibility index (Phi) is 7.35. The summed E-state index contributed by atoms with van der Waals surface area (Å²) in [7, 11) is -1.86. The van der Waals surface area contributed by atoms with E-state index in [1.165, 1.54) is 4.31 Å². The van der Waals surface area contributed by atoms with Gasteiger partial charge in [0.2, 0.25) is 10.0 Å². The fraction of sp³-hybridized carbons (Fsp3) is 0.538. The first kappa shape index (κ1) is 18.3. The van der Waals surface area contributed by atoms with Crippen LogP contribution in [0.2, 0.25) is 0 Å². The normalized spacial score (nSPS) is 13.7. The number of rotatable bonds is 7. The molecule has 1 unspecified atom stereocenters. The molecule has 3 nitrogen and oxygen atoms in total. The van der Waals surface area contributed by atoms with Crippen LogP contribution >= 0.6 is 39.3 Å². The topological polar surface area (TPSA) is 37.4 Å². The SMILES string of the molecule is CSCCC(C)N(C)S(=O)(=O)c1ccc(CCl)cc1Br. The number of benzene rings is 1. The highest BCUT2D eigenvalue weighted by Gasteiger charge is 2.27. The number of sulfonamides is 1. The predicted octanol–water partition coefficient (Wildman–Crippen LogP) is 3.95. The van der Waals surface area contributed by atoms with E-state index in [1.54, 1.807) is 37.0 Å². The maximum atomic E-state index is 12.6.